The van der Waals surface area contributed by atoms with Crippen LogP contribution < -0.4 is 5.32 Å². The molecule has 0 saturated heterocycles. The molecule has 0 aliphatic rings. The minimum Gasteiger partial charge on any atom is -0.394 e. The first-order valence-electron chi connectivity index (χ1n) is 19.9. The summed E-state index contributed by atoms with van der Waals surface area (Å²) < 4.78 is 0. The second kappa shape index (κ2) is 36.6. The Morgan fingerprint density at radius 3 is 1.18 bits per heavy atom. The molecule has 262 valence electrons. The van der Waals surface area contributed by atoms with Crippen LogP contribution in [-0.4, -0.2) is 34.9 Å². The molecule has 1 amide bonds. The Kier molecular flexibility index (Phi) is 35.9. The fourth-order valence-electron chi connectivity index (χ4n) is 6.18. The Morgan fingerprint density at radius 2 is 0.841 bits per heavy atom. The molecule has 3 N–H and O–H groups in total. The van der Waals surface area contributed by atoms with Crippen molar-refractivity contribution in [1.29, 1.82) is 0 Å². The second-order valence-electron chi connectivity index (χ2n) is 13.7. The number of aliphatic hydroxyl groups is 2. The Labute approximate surface area is 276 Å². The summed E-state index contributed by atoms with van der Waals surface area (Å²) in [4.78, 5) is 12.2. The predicted octanol–water partition coefficient (Wildman–Crippen LogP) is 11.9. The van der Waals surface area contributed by atoms with Crippen LogP contribution in [0.5, 0.6) is 0 Å². The summed E-state index contributed by atoms with van der Waals surface area (Å²) in [7, 11) is 0. The highest BCUT2D eigenvalue weighted by molar-refractivity contribution is 5.76. The number of nitrogens with one attached hydrogen (secondary N) is 1. The van der Waals surface area contributed by atoms with Crippen LogP contribution in [0.3, 0.4) is 0 Å². The minimum absolute atomic E-state index is 0.0696. The Hall–Kier alpha value is -0.870. The highest BCUT2D eigenvalue weighted by Gasteiger charge is 2.17. The summed E-state index contributed by atoms with van der Waals surface area (Å²) in [5.41, 5.74) is 0. The van der Waals surface area contributed by atoms with Gasteiger partial charge in [-0.15, -0.1) is 0 Å². The summed E-state index contributed by atoms with van der Waals surface area (Å²) >= 11 is 0. The van der Waals surface area contributed by atoms with Gasteiger partial charge in [0, 0.05) is 6.42 Å². The summed E-state index contributed by atoms with van der Waals surface area (Å²) in [5.74, 6) is -0.0696. The molecule has 0 aliphatic carbocycles. The molecular formula is C40H79NO3. The summed E-state index contributed by atoms with van der Waals surface area (Å²) in [6.07, 6.45) is 44.8. The van der Waals surface area contributed by atoms with Gasteiger partial charge >= 0.3 is 0 Å². The molecule has 4 heteroatoms. The van der Waals surface area contributed by atoms with E-state index in [1.807, 2.05) is 6.08 Å². The van der Waals surface area contributed by atoms with Gasteiger partial charge in [0.1, 0.15) is 0 Å². The average Bonchev–Trinajstić information content (AvgIpc) is 3.03. The molecule has 4 nitrogen and oxygen atoms in total. The third-order valence-electron chi connectivity index (χ3n) is 9.27. The lowest BCUT2D eigenvalue weighted by Gasteiger charge is -2.20. The second-order valence-corrected chi connectivity index (χ2v) is 13.7. The van der Waals surface area contributed by atoms with Gasteiger partial charge in [-0.2, -0.15) is 0 Å². The summed E-state index contributed by atoms with van der Waals surface area (Å²) in [5, 5.41) is 22.8. The van der Waals surface area contributed by atoms with Crippen molar-refractivity contribution in [2.24, 2.45) is 0 Å². The SMILES string of the molecule is CCCCCCCCCCCCCCCCCCCCCCCCC/C=C/C(O)C(CO)NC(=O)CCCCCCCCC. The van der Waals surface area contributed by atoms with Crippen molar-refractivity contribution in [2.75, 3.05) is 6.61 Å². The number of allylic oxidation sites excluding steroid dienone is 1. The van der Waals surface area contributed by atoms with Crippen molar-refractivity contribution in [3.8, 4) is 0 Å². The van der Waals surface area contributed by atoms with E-state index in [0.717, 1.165) is 25.7 Å². The largest absolute Gasteiger partial charge is 0.394 e. The lowest BCUT2D eigenvalue weighted by Crippen LogP contribution is -2.45. The van der Waals surface area contributed by atoms with Crippen molar-refractivity contribution in [3.63, 3.8) is 0 Å². The van der Waals surface area contributed by atoms with Crippen LogP contribution in [0.4, 0.5) is 0 Å². The average molecular weight is 622 g/mol. The van der Waals surface area contributed by atoms with Gasteiger partial charge in [-0.3, -0.25) is 4.79 Å². The number of carbonyl (C=O) groups excluding carboxylic acids is 1. The van der Waals surface area contributed by atoms with E-state index in [9.17, 15) is 15.0 Å². The topological polar surface area (TPSA) is 69.6 Å². The molecule has 0 bridgehead atoms. The molecule has 0 rings (SSSR count). The number of unbranched alkanes of at least 4 members (excludes halogenated alkanes) is 29. The first-order valence-corrected chi connectivity index (χ1v) is 19.9. The van der Waals surface area contributed by atoms with Crippen LogP contribution in [0.1, 0.15) is 219 Å². The lowest BCUT2D eigenvalue weighted by atomic mass is 10.0. The van der Waals surface area contributed by atoms with Gasteiger partial charge in [0.05, 0.1) is 18.8 Å². The van der Waals surface area contributed by atoms with Gasteiger partial charge in [-0.1, -0.05) is 206 Å². The molecule has 0 aromatic heterocycles. The zero-order chi connectivity index (χ0) is 32.2. The molecule has 0 fully saturated rings. The molecule has 0 spiro atoms. The molecule has 0 radical (unpaired) electrons. The van der Waals surface area contributed by atoms with Gasteiger partial charge in [0.15, 0.2) is 0 Å². The van der Waals surface area contributed by atoms with E-state index in [0.29, 0.717) is 6.42 Å². The molecule has 2 atom stereocenters. The van der Waals surface area contributed by atoms with Crippen LogP contribution in [0, 0.1) is 0 Å². The highest BCUT2D eigenvalue weighted by atomic mass is 16.3. The van der Waals surface area contributed by atoms with E-state index in [-0.39, 0.29) is 12.5 Å². The summed E-state index contributed by atoms with van der Waals surface area (Å²) in [6, 6.07) is -0.613. The smallest absolute Gasteiger partial charge is 0.220 e. The van der Waals surface area contributed by atoms with Gasteiger partial charge in [0.2, 0.25) is 5.91 Å². The van der Waals surface area contributed by atoms with Crippen molar-refractivity contribution < 1.29 is 15.0 Å². The zero-order valence-corrected chi connectivity index (χ0v) is 29.9. The first-order chi connectivity index (χ1) is 21.7. The highest BCUT2D eigenvalue weighted by Crippen LogP contribution is 2.16. The predicted molar refractivity (Wildman–Crippen MR) is 193 cm³/mol. The van der Waals surface area contributed by atoms with Crippen LogP contribution in [0.25, 0.3) is 0 Å². The summed E-state index contributed by atoms with van der Waals surface area (Å²) in [6.45, 7) is 4.27. The van der Waals surface area contributed by atoms with Gasteiger partial charge < -0.3 is 15.5 Å². The number of carbonyl (C=O) groups is 1. The van der Waals surface area contributed by atoms with Crippen LogP contribution in [-0.2, 0) is 4.79 Å². The van der Waals surface area contributed by atoms with Crippen molar-refractivity contribution >= 4 is 5.91 Å². The van der Waals surface area contributed by atoms with E-state index in [4.69, 9.17) is 0 Å². The lowest BCUT2D eigenvalue weighted by molar-refractivity contribution is -0.123. The maximum absolute atomic E-state index is 12.2. The number of hydrogen-bond donors (Lipinski definition) is 3. The minimum atomic E-state index is -0.831. The van der Waals surface area contributed by atoms with E-state index >= 15 is 0 Å². The third-order valence-corrected chi connectivity index (χ3v) is 9.27. The van der Waals surface area contributed by atoms with Gasteiger partial charge in [-0.05, 0) is 19.3 Å². The molecule has 0 saturated carbocycles. The van der Waals surface area contributed by atoms with E-state index in [1.54, 1.807) is 6.08 Å². The zero-order valence-electron chi connectivity index (χ0n) is 29.9. The molecule has 0 aromatic carbocycles. The van der Waals surface area contributed by atoms with Crippen molar-refractivity contribution in [2.45, 2.75) is 231 Å². The van der Waals surface area contributed by atoms with Crippen LogP contribution in [0.15, 0.2) is 12.2 Å². The van der Waals surface area contributed by atoms with E-state index < -0.39 is 12.1 Å². The number of rotatable bonds is 36. The third kappa shape index (κ3) is 32.5. The normalized spacial score (nSPS) is 13.1. The maximum Gasteiger partial charge on any atom is 0.220 e. The van der Waals surface area contributed by atoms with Crippen LogP contribution in [0.2, 0.25) is 0 Å². The van der Waals surface area contributed by atoms with Crippen molar-refractivity contribution in [3.05, 3.63) is 12.2 Å². The molecule has 44 heavy (non-hydrogen) atoms. The standard InChI is InChI=1S/C40H79NO3/c1-3-5-7-9-11-12-13-14-15-16-17-18-19-20-21-22-23-24-25-26-27-28-30-31-33-35-39(43)38(37-42)41-40(44)36-34-32-29-10-8-6-4-2/h33,35,38-39,42-43H,3-32,34,36-37H2,1-2H3,(H,41,44)/b35-33+. The quantitative estimate of drug-likeness (QED) is 0.0481. The first kappa shape index (κ1) is 43.1. The number of amides is 1. The monoisotopic (exact) mass is 622 g/mol. The number of aliphatic hydroxyl groups excluding tert-OH is 2. The Bertz CT molecular complexity index is 593. The Balaban J connectivity index is 3.44. The van der Waals surface area contributed by atoms with E-state index in [2.05, 4.69) is 19.2 Å². The van der Waals surface area contributed by atoms with Gasteiger partial charge in [0.25, 0.3) is 0 Å². The molecule has 0 aromatic rings. The fraction of sp³-hybridized carbons (Fsp3) is 0.925. The molecule has 0 heterocycles. The maximum atomic E-state index is 12.2. The Morgan fingerprint density at radius 1 is 0.523 bits per heavy atom. The van der Waals surface area contributed by atoms with Gasteiger partial charge in [-0.25, -0.2) is 0 Å². The van der Waals surface area contributed by atoms with E-state index in [1.165, 1.54) is 173 Å². The fourth-order valence-corrected chi connectivity index (χ4v) is 6.18. The molecule has 2 unspecified atom stereocenters. The van der Waals surface area contributed by atoms with Crippen molar-refractivity contribution in [1.82, 2.24) is 5.32 Å². The molecule has 0 aliphatic heterocycles. The number of hydrogen-bond acceptors (Lipinski definition) is 3. The van der Waals surface area contributed by atoms with Crippen LogP contribution >= 0.6 is 0 Å². The molecular weight excluding hydrogens is 542 g/mol.